The van der Waals surface area contributed by atoms with Crippen LogP contribution in [0.3, 0.4) is 0 Å². The molecule has 11 aromatic rings. The van der Waals surface area contributed by atoms with Gasteiger partial charge in [0.2, 0.25) is 0 Å². The molecule has 0 amide bonds. The highest BCUT2D eigenvalue weighted by atomic mass is 16.3. The lowest BCUT2D eigenvalue weighted by atomic mass is 9.95. The molecule has 56 heavy (non-hydrogen) atoms. The number of furan rings is 1. The van der Waals surface area contributed by atoms with E-state index in [-0.39, 0.29) is 46.7 Å². The van der Waals surface area contributed by atoms with E-state index in [1.807, 2.05) is 133 Å². The summed E-state index contributed by atoms with van der Waals surface area (Å²) in [5, 5.41) is 6.78. The predicted octanol–water partition coefficient (Wildman–Crippen LogP) is 15.5. The highest BCUT2D eigenvalue weighted by molar-refractivity contribution is 6.19. The minimum Gasteiger partial charge on any atom is -0.455 e. The molecule has 11 rings (SSSR count). The molecule has 262 valence electrons. The van der Waals surface area contributed by atoms with Gasteiger partial charge < -0.3 is 9.32 Å². The summed E-state index contributed by atoms with van der Waals surface area (Å²) < 4.78 is 83.8. The Hall–Kier alpha value is -7.42. The molecule has 2 nitrogen and oxygen atoms in total. The van der Waals surface area contributed by atoms with Crippen molar-refractivity contribution in [3.8, 4) is 33.4 Å². The molecule has 0 radical (unpaired) electrons. The van der Waals surface area contributed by atoms with E-state index >= 15 is 0 Å². The van der Waals surface area contributed by atoms with Crippen molar-refractivity contribution >= 4 is 71.3 Å². The van der Waals surface area contributed by atoms with Gasteiger partial charge in [0.1, 0.15) is 11.2 Å². The Balaban J connectivity index is 1.19. The first-order chi connectivity index (χ1) is 31.1. The molecule has 0 spiro atoms. The normalized spacial score (nSPS) is 13.6. The number of rotatable bonds is 6. The Kier molecular flexibility index (Phi) is 5.83. The van der Waals surface area contributed by atoms with Gasteiger partial charge in [-0.15, -0.1) is 0 Å². The third-order valence-corrected chi connectivity index (χ3v) is 10.6. The van der Waals surface area contributed by atoms with Gasteiger partial charge in [-0.1, -0.05) is 164 Å². The molecule has 1 aromatic heterocycles. The summed E-state index contributed by atoms with van der Waals surface area (Å²) in [6.07, 6.45) is 0. The highest BCUT2D eigenvalue weighted by Gasteiger charge is 2.21. The quantitative estimate of drug-likeness (QED) is 0.170. The SMILES string of the molecule is [2H]c1c([2H])c(N(c2c([2H])c([2H])c(-c3cccc4ccccc34)c([2H])c2[2H])c2cccc3oc4c5ccccc5ccc4c23)c([2H])c([2H])c1-c1cccc(-c2cccc3ccccc23)c1. The van der Waals surface area contributed by atoms with Gasteiger partial charge in [-0.05, 0) is 109 Å². The number of fused-ring (bicyclic) bond motifs is 7. The number of benzene rings is 10. The summed E-state index contributed by atoms with van der Waals surface area (Å²) in [5.41, 5.74) is 3.90. The molecule has 0 aliphatic heterocycles. The Morgan fingerprint density at radius 3 is 1.57 bits per heavy atom. The van der Waals surface area contributed by atoms with Crippen LogP contribution >= 0.6 is 0 Å². The molecule has 2 heteroatoms. The summed E-state index contributed by atoms with van der Waals surface area (Å²) >= 11 is 0. The van der Waals surface area contributed by atoms with Crippen molar-refractivity contribution in [2.24, 2.45) is 0 Å². The van der Waals surface area contributed by atoms with Crippen molar-refractivity contribution < 1.29 is 15.4 Å². The fraction of sp³-hybridized carbons (Fsp3) is 0. The Morgan fingerprint density at radius 1 is 0.375 bits per heavy atom. The minimum atomic E-state index is -0.420. The van der Waals surface area contributed by atoms with E-state index in [2.05, 4.69) is 0 Å². The molecule has 1 heterocycles. The topological polar surface area (TPSA) is 16.4 Å². The summed E-state index contributed by atoms with van der Waals surface area (Å²) in [5.74, 6) is 0. The number of hydrogen-bond donors (Lipinski definition) is 0. The fourth-order valence-electron chi connectivity index (χ4n) is 7.95. The lowest BCUT2D eigenvalue weighted by Crippen LogP contribution is -2.10. The maximum absolute atomic E-state index is 9.76. The van der Waals surface area contributed by atoms with Crippen LogP contribution < -0.4 is 4.90 Å². The van der Waals surface area contributed by atoms with Gasteiger partial charge in [0, 0.05) is 22.1 Å². The van der Waals surface area contributed by atoms with E-state index in [4.69, 9.17) is 4.42 Å². The zero-order valence-electron chi connectivity index (χ0n) is 37.9. The largest absolute Gasteiger partial charge is 0.455 e. The summed E-state index contributed by atoms with van der Waals surface area (Å²) in [7, 11) is 0. The second-order valence-electron chi connectivity index (χ2n) is 13.8. The monoisotopic (exact) mass is 721 g/mol. The number of hydrogen-bond acceptors (Lipinski definition) is 2. The molecule has 0 atom stereocenters. The lowest BCUT2D eigenvalue weighted by molar-refractivity contribution is 0.672. The van der Waals surface area contributed by atoms with Gasteiger partial charge in [-0.2, -0.15) is 0 Å². The molecule has 0 aliphatic rings. The molecular weight excluding hydrogens is 679 g/mol. The van der Waals surface area contributed by atoms with Crippen LogP contribution in [-0.4, -0.2) is 0 Å². The number of nitrogens with zero attached hydrogens (tertiary/aromatic N) is 1. The summed E-state index contributed by atoms with van der Waals surface area (Å²) in [6.45, 7) is 0. The molecule has 0 unspecified atom stereocenters. The molecular formula is C54H35NO. The first-order valence-electron chi connectivity index (χ1n) is 22.5. The van der Waals surface area contributed by atoms with Crippen LogP contribution in [0, 0.1) is 0 Å². The standard InChI is InChI=1S/C54H35NO/c1-4-18-45-37(11-1)14-8-21-47(45)40-27-32-44(33-28-40)55(51-23-10-24-52-53(51)50-34-29-39-13-3-6-20-49(39)54(50)56-52)43-30-25-36(26-31-43)41-16-7-17-42(35-41)48-22-9-15-38-12-2-5-19-46(38)48/h1-35H/i25D,26D,27D,28D,30D,31D,32D,33D. The third kappa shape index (κ3) is 5.34. The highest BCUT2D eigenvalue weighted by Crippen LogP contribution is 2.45. The Morgan fingerprint density at radius 2 is 0.893 bits per heavy atom. The van der Waals surface area contributed by atoms with Crippen LogP contribution in [0.5, 0.6) is 0 Å². The molecule has 0 fully saturated rings. The molecule has 10 aromatic carbocycles. The van der Waals surface area contributed by atoms with Crippen LogP contribution in [0.4, 0.5) is 17.1 Å². The Labute approximate surface area is 336 Å². The fourth-order valence-corrected chi connectivity index (χ4v) is 7.95. The second-order valence-corrected chi connectivity index (χ2v) is 13.8. The molecule has 0 saturated heterocycles. The van der Waals surface area contributed by atoms with Crippen molar-refractivity contribution in [3.63, 3.8) is 0 Å². The summed E-state index contributed by atoms with van der Waals surface area (Å²) in [4.78, 5) is 1.37. The van der Waals surface area contributed by atoms with Crippen molar-refractivity contribution in [2.45, 2.75) is 0 Å². The van der Waals surface area contributed by atoms with Crippen LogP contribution in [0.2, 0.25) is 0 Å². The van der Waals surface area contributed by atoms with E-state index in [9.17, 15) is 11.0 Å². The maximum atomic E-state index is 9.76. The third-order valence-electron chi connectivity index (χ3n) is 10.6. The van der Waals surface area contributed by atoms with Gasteiger partial charge >= 0.3 is 0 Å². The smallest absolute Gasteiger partial charge is 0.143 e. The van der Waals surface area contributed by atoms with Gasteiger partial charge in [-0.25, -0.2) is 0 Å². The van der Waals surface area contributed by atoms with Crippen LogP contribution in [-0.2, 0) is 0 Å². The zero-order chi connectivity index (χ0) is 44.0. The minimum absolute atomic E-state index is 0.0880. The predicted molar refractivity (Wildman–Crippen MR) is 237 cm³/mol. The first-order valence-corrected chi connectivity index (χ1v) is 18.5. The molecule has 0 N–H and O–H groups in total. The summed E-state index contributed by atoms with van der Waals surface area (Å²) in [6, 6.07) is 48.7. The van der Waals surface area contributed by atoms with Gasteiger partial charge in [-0.3, -0.25) is 0 Å². The van der Waals surface area contributed by atoms with Crippen molar-refractivity contribution in [1.29, 1.82) is 0 Å². The molecule has 0 saturated carbocycles. The first kappa shape index (κ1) is 24.8. The van der Waals surface area contributed by atoms with E-state index < -0.39 is 24.2 Å². The van der Waals surface area contributed by atoms with Gasteiger partial charge in [0.15, 0.2) is 0 Å². The molecule has 0 bridgehead atoms. The van der Waals surface area contributed by atoms with E-state index in [1.54, 1.807) is 30.3 Å². The lowest BCUT2D eigenvalue weighted by Gasteiger charge is -2.27. The Bertz CT molecular complexity index is 3680. The average molecular weight is 722 g/mol. The van der Waals surface area contributed by atoms with E-state index in [1.165, 1.54) is 4.90 Å². The van der Waals surface area contributed by atoms with Gasteiger partial charge in [0.05, 0.1) is 22.0 Å². The van der Waals surface area contributed by atoms with Crippen molar-refractivity contribution in [1.82, 2.24) is 0 Å². The maximum Gasteiger partial charge on any atom is 0.143 e. The van der Waals surface area contributed by atoms with Crippen LogP contribution in [0.1, 0.15) is 11.0 Å². The van der Waals surface area contributed by atoms with E-state index in [0.717, 1.165) is 43.4 Å². The average Bonchev–Trinajstić information content (AvgIpc) is 3.72. The number of anilines is 3. The van der Waals surface area contributed by atoms with Gasteiger partial charge in [0.25, 0.3) is 0 Å². The van der Waals surface area contributed by atoms with Crippen LogP contribution in [0.15, 0.2) is 217 Å². The van der Waals surface area contributed by atoms with Crippen LogP contribution in [0.25, 0.3) is 87.6 Å². The zero-order valence-corrected chi connectivity index (χ0v) is 29.9. The second kappa shape index (κ2) is 13.2. The molecule has 0 aliphatic carbocycles. The van der Waals surface area contributed by atoms with Crippen molar-refractivity contribution in [3.05, 3.63) is 212 Å². The van der Waals surface area contributed by atoms with Crippen molar-refractivity contribution in [2.75, 3.05) is 4.90 Å². The van der Waals surface area contributed by atoms with E-state index in [0.29, 0.717) is 38.8 Å².